The van der Waals surface area contributed by atoms with Gasteiger partial charge in [-0.2, -0.15) is 0 Å². The zero-order valence-corrected chi connectivity index (χ0v) is 11.7. The molecule has 90 valence electrons. The highest BCUT2D eigenvalue weighted by atomic mass is 32.2. The number of hydrogen-bond donors (Lipinski definition) is 0. The maximum absolute atomic E-state index is 12.3. The highest BCUT2D eigenvalue weighted by Gasteiger charge is 2.16. The number of benzene rings is 1. The van der Waals surface area contributed by atoms with Crippen molar-refractivity contribution >= 4 is 15.4 Å². The Hall–Kier alpha value is -0.760. The molecule has 2 heteroatoms. The van der Waals surface area contributed by atoms with Crippen molar-refractivity contribution in [2.24, 2.45) is 0 Å². The molecule has 1 aromatic carbocycles. The first-order chi connectivity index (χ1) is 7.15. The first-order valence-electron chi connectivity index (χ1n) is 5.62. The zero-order valence-electron chi connectivity index (χ0n) is 10.9. The van der Waals surface area contributed by atoms with Crippen molar-refractivity contribution < 1.29 is 4.21 Å². The summed E-state index contributed by atoms with van der Waals surface area (Å²) >= 11 is 0. The highest BCUT2D eigenvalue weighted by Crippen LogP contribution is 2.24. The van der Waals surface area contributed by atoms with Gasteiger partial charge in [-0.05, 0) is 38.5 Å². The normalized spacial score (nSPS) is 16.1. The van der Waals surface area contributed by atoms with Crippen LogP contribution in [0.15, 0.2) is 29.2 Å². The van der Waals surface area contributed by atoms with E-state index in [2.05, 4.69) is 38.8 Å². The van der Waals surface area contributed by atoms with Gasteiger partial charge in [-0.1, -0.05) is 46.8 Å². The quantitative estimate of drug-likeness (QED) is 0.721. The monoisotopic (exact) mass is 238 g/mol. The third-order valence-corrected chi connectivity index (χ3v) is 5.47. The third kappa shape index (κ3) is 2.67. The van der Waals surface area contributed by atoms with E-state index in [0.29, 0.717) is 0 Å². The third-order valence-electron chi connectivity index (χ3n) is 2.88. The van der Waals surface area contributed by atoms with Crippen LogP contribution in [-0.4, -0.2) is 15.3 Å². The standard InChI is InChI=1S/C14H22OS/c1-11(2)16(6,15)13-9-7-12(8-10-13)14(3,4)5/h7-11H,6H2,1-5H3. The van der Waals surface area contributed by atoms with Crippen LogP contribution in [0.2, 0.25) is 0 Å². The topological polar surface area (TPSA) is 17.1 Å². The molecule has 1 atom stereocenters. The maximum atomic E-state index is 12.3. The Balaban J connectivity index is 3.15. The zero-order chi connectivity index (χ0) is 12.6. The van der Waals surface area contributed by atoms with Gasteiger partial charge in [-0.25, -0.2) is 0 Å². The van der Waals surface area contributed by atoms with Crippen molar-refractivity contribution in [3.8, 4) is 0 Å². The van der Waals surface area contributed by atoms with Crippen LogP contribution in [0.25, 0.3) is 0 Å². The Morgan fingerprint density at radius 3 is 1.88 bits per heavy atom. The fraction of sp³-hybridized carbons (Fsp3) is 0.500. The molecule has 0 radical (unpaired) electrons. The first kappa shape index (κ1) is 13.3. The largest absolute Gasteiger partial charge is 0.263 e. The molecular formula is C14H22OS. The van der Waals surface area contributed by atoms with Gasteiger partial charge in [0, 0.05) is 10.1 Å². The molecule has 0 saturated carbocycles. The second-order valence-electron chi connectivity index (χ2n) is 5.55. The van der Waals surface area contributed by atoms with E-state index in [-0.39, 0.29) is 10.7 Å². The van der Waals surface area contributed by atoms with Crippen molar-refractivity contribution in [3.63, 3.8) is 0 Å². The molecule has 1 aromatic rings. The van der Waals surface area contributed by atoms with Crippen LogP contribution < -0.4 is 0 Å². The molecule has 0 aliphatic heterocycles. The number of hydrogen-bond acceptors (Lipinski definition) is 1. The summed E-state index contributed by atoms with van der Waals surface area (Å²) in [6.45, 7) is 10.4. The molecule has 0 amide bonds. The van der Waals surface area contributed by atoms with Gasteiger partial charge in [0.25, 0.3) is 0 Å². The van der Waals surface area contributed by atoms with Crippen molar-refractivity contribution in [1.82, 2.24) is 0 Å². The second kappa shape index (κ2) is 4.25. The molecule has 0 spiro atoms. The van der Waals surface area contributed by atoms with Crippen molar-refractivity contribution in [3.05, 3.63) is 29.8 Å². The van der Waals surface area contributed by atoms with Crippen molar-refractivity contribution in [2.45, 2.75) is 50.2 Å². The van der Waals surface area contributed by atoms with Crippen LogP contribution in [-0.2, 0) is 14.9 Å². The smallest absolute Gasteiger partial charge is 0.0307 e. The molecule has 0 bridgehead atoms. The summed E-state index contributed by atoms with van der Waals surface area (Å²) in [7, 11) is -2.14. The van der Waals surface area contributed by atoms with Crippen LogP contribution in [0.1, 0.15) is 40.2 Å². The molecule has 0 aliphatic carbocycles. The lowest BCUT2D eigenvalue weighted by molar-refractivity contribution is 0.589. The summed E-state index contributed by atoms with van der Waals surface area (Å²) in [4.78, 5) is 0.857. The van der Waals surface area contributed by atoms with Crippen molar-refractivity contribution in [2.75, 3.05) is 0 Å². The van der Waals surface area contributed by atoms with Crippen LogP contribution >= 0.6 is 0 Å². The minimum Gasteiger partial charge on any atom is -0.263 e. The van der Waals surface area contributed by atoms with E-state index in [0.717, 1.165) is 4.90 Å². The lowest BCUT2D eigenvalue weighted by Crippen LogP contribution is -2.15. The average Bonchev–Trinajstić information content (AvgIpc) is 2.16. The van der Waals surface area contributed by atoms with E-state index < -0.39 is 9.52 Å². The Morgan fingerprint density at radius 2 is 1.56 bits per heavy atom. The minimum atomic E-state index is -2.14. The van der Waals surface area contributed by atoms with E-state index in [1.165, 1.54) is 5.56 Å². The maximum Gasteiger partial charge on any atom is 0.0307 e. The van der Waals surface area contributed by atoms with Gasteiger partial charge in [0.1, 0.15) is 0 Å². The van der Waals surface area contributed by atoms with E-state index >= 15 is 0 Å². The highest BCUT2D eigenvalue weighted by molar-refractivity contribution is 8.00. The fourth-order valence-corrected chi connectivity index (χ4v) is 2.60. The molecular weight excluding hydrogens is 216 g/mol. The molecule has 0 saturated heterocycles. The minimum absolute atomic E-state index is 0.0768. The summed E-state index contributed by atoms with van der Waals surface area (Å²) in [5.74, 6) is 3.86. The van der Waals surface area contributed by atoms with E-state index in [1.54, 1.807) is 0 Å². The molecule has 0 aliphatic rings. The molecule has 0 aromatic heterocycles. The summed E-state index contributed by atoms with van der Waals surface area (Å²) in [6, 6.07) is 8.02. The van der Waals surface area contributed by atoms with Gasteiger partial charge >= 0.3 is 0 Å². The van der Waals surface area contributed by atoms with Gasteiger partial charge < -0.3 is 0 Å². The van der Waals surface area contributed by atoms with Crippen LogP contribution in [0.3, 0.4) is 0 Å². The summed E-state index contributed by atoms with van der Waals surface area (Å²) in [5, 5.41) is 0.0768. The van der Waals surface area contributed by atoms with Gasteiger partial charge in [0.15, 0.2) is 0 Å². The molecule has 0 fully saturated rings. The first-order valence-corrected chi connectivity index (χ1v) is 7.41. The Morgan fingerprint density at radius 1 is 1.12 bits per heavy atom. The molecule has 0 heterocycles. The van der Waals surface area contributed by atoms with Crippen LogP contribution in [0.5, 0.6) is 0 Å². The van der Waals surface area contributed by atoms with Gasteiger partial charge in [-0.3, -0.25) is 4.21 Å². The van der Waals surface area contributed by atoms with E-state index in [4.69, 9.17) is 0 Å². The van der Waals surface area contributed by atoms with Crippen LogP contribution in [0.4, 0.5) is 0 Å². The van der Waals surface area contributed by atoms with Gasteiger partial charge in [-0.15, -0.1) is 0 Å². The molecule has 1 unspecified atom stereocenters. The molecule has 1 nitrogen and oxygen atoms in total. The predicted octanol–water partition coefficient (Wildman–Crippen LogP) is 3.47. The van der Waals surface area contributed by atoms with Crippen LogP contribution in [0, 0.1) is 0 Å². The lowest BCUT2D eigenvalue weighted by Gasteiger charge is -2.20. The Labute approximate surface area is 99.9 Å². The SMILES string of the molecule is C=S(=O)(c1ccc(C(C)(C)C)cc1)C(C)C. The lowest BCUT2D eigenvalue weighted by atomic mass is 9.87. The predicted molar refractivity (Wildman–Crippen MR) is 73.8 cm³/mol. The van der Waals surface area contributed by atoms with Crippen molar-refractivity contribution in [1.29, 1.82) is 0 Å². The fourth-order valence-electron chi connectivity index (χ4n) is 1.46. The summed E-state index contributed by atoms with van der Waals surface area (Å²) < 4.78 is 12.3. The average molecular weight is 238 g/mol. The van der Waals surface area contributed by atoms with Gasteiger partial charge in [0.2, 0.25) is 0 Å². The summed E-state index contributed by atoms with van der Waals surface area (Å²) in [5.41, 5.74) is 1.40. The molecule has 0 N–H and O–H groups in total. The van der Waals surface area contributed by atoms with Gasteiger partial charge in [0.05, 0.1) is 0 Å². The summed E-state index contributed by atoms with van der Waals surface area (Å²) in [6.07, 6.45) is 0. The number of rotatable bonds is 2. The van der Waals surface area contributed by atoms with E-state index in [9.17, 15) is 4.21 Å². The second-order valence-corrected chi connectivity index (χ2v) is 8.42. The molecule has 16 heavy (non-hydrogen) atoms. The van der Waals surface area contributed by atoms with E-state index in [1.807, 2.05) is 26.0 Å². The Bertz CT molecular complexity index is 445. The Kier molecular flexibility index (Phi) is 3.53. The molecule has 1 rings (SSSR count).